The summed E-state index contributed by atoms with van der Waals surface area (Å²) in [5, 5.41) is 0. The minimum absolute atomic E-state index is 0. The molecule has 0 saturated heterocycles. The first kappa shape index (κ1) is 16.0. The first-order valence-corrected chi connectivity index (χ1v) is 5.92. The maximum absolute atomic E-state index is 4.34. The van der Waals surface area contributed by atoms with Gasteiger partial charge in [0.15, 0.2) is 0 Å². The van der Waals surface area contributed by atoms with Gasteiger partial charge in [0.2, 0.25) is 0 Å². The van der Waals surface area contributed by atoms with Crippen LogP contribution in [0.4, 0.5) is 0 Å². The average molecular weight is 232 g/mol. The predicted molar refractivity (Wildman–Crippen MR) is 15.9 cm³/mol. The molecule has 0 N–H and O–H groups in total. The van der Waals surface area contributed by atoms with Crippen LogP contribution in [0.2, 0.25) is 0 Å². The average Bonchev–Trinajstić information content (AvgIpc) is 0.918. The summed E-state index contributed by atoms with van der Waals surface area (Å²) >= 11 is -0.363. The van der Waals surface area contributed by atoms with E-state index in [9.17, 15) is 0 Å². The SMILES string of the molecule is [Fe+2].[O-2].[S]=[Mo]=[S]. The molecule has 5 heavy (non-hydrogen) atoms. The van der Waals surface area contributed by atoms with Crippen molar-refractivity contribution in [1.82, 2.24) is 0 Å². The monoisotopic (exact) mass is 234 g/mol. The number of hydrogen-bond acceptors (Lipinski definition) is 2. The molecule has 0 rings (SSSR count). The molecule has 0 spiro atoms. The predicted octanol–water partition coefficient (Wildman–Crippen LogP) is 1.17. The second-order valence-corrected chi connectivity index (χ2v) is 3.62. The van der Waals surface area contributed by atoms with Crippen molar-refractivity contribution in [2.75, 3.05) is 0 Å². The third-order valence-electron chi connectivity index (χ3n) is 0. The maximum atomic E-state index is 4.34. The van der Waals surface area contributed by atoms with Gasteiger partial charge in [-0.3, -0.25) is 0 Å². The van der Waals surface area contributed by atoms with Crippen LogP contribution in [0.25, 0.3) is 0 Å². The van der Waals surface area contributed by atoms with E-state index in [0.717, 1.165) is 0 Å². The molecule has 0 aromatic rings. The summed E-state index contributed by atoms with van der Waals surface area (Å²) in [6, 6.07) is 0. The van der Waals surface area contributed by atoms with Gasteiger partial charge in [-0.1, -0.05) is 0 Å². The van der Waals surface area contributed by atoms with Crippen LogP contribution in [-0.2, 0) is 37.5 Å². The van der Waals surface area contributed by atoms with E-state index in [1.165, 1.54) is 0 Å². The van der Waals surface area contributed by atoms with E-state index in [-0.39, 0.29) is 37.5 Å². The van der Waals surface area contributed by atoms with Crippen molar-refractivity contribution < 1.29 is 37.5 Å². The Kier molecular flexibility index (Phi) is 55.9. The first-order valence-electron chi connectivity index (χ1n) is 0.333. The van der Waals surface area contributed by atoms with Crippen molar-refractivity contribution in [3.8, 4) is 0 Å². The third kappa shape index (κ3) is 28.2. The zero-order valence-corrected chi connectivity index (χ0v) is 6.73. The van der Waals surface area contributed by atoms with Crippen LogP contribution in [0.1, 0.15) is 0 Å². The van der Waals surface area contributed by atoms with E-state index >= 15 is 0 Å². The van der Waals surface area contributed by atoms with E-state index in [4.69, 9.17) is 0 Å². The zero-order chi connectivity index (χ0) is 2.71. The fourth-order valence-corrected chi connectivity index (χ4v) is 0. The van der Waals surface area contributed by atoms with Gasteiger partial charge in [0.25, 0.3) is 0 Å². The second-order valence-electron chi connectivity index (χ2n) is 0.0680. The van der Waals surface area contributed by atoms with E-state index < -0.39 is 0 Å². The van der Waals surface area contributed by atoms with Crippen LogP contribution in [0.3, 0.4) is 0 Å². The molecule has 5 heteroatoms. The second kappa shape index (κ2) is 17.5. The molecule has 0 aliphatic rings. The van der Waals surface area contributed by atoms with Crippen molar-refractivity contribution in [2.24, 2.45) is 0 Å². The van der Waals surface area contributed by atoms with Gasteiger partial charge in [-0.05, 0) is 0 Å². The summed E-state index contributed by atoms with van der Waals surface area (Å²) < 4.78 is 0. The van der Waals surface area contributed by atoms with E-state index in [1.54, 1.807) is 0 Å². The molecule has 0 aromatic heterocycles. The Bertz CT molecular complexity index is 30.6. The molecule has 0 saturated carbocycles. The summed E-state index contributed by atoms with van der Waals surface area (Å²) in [4.78, 5) is 0. The zero-order valence-electron chi connectivity index (χ0n) is 1.99. The van der Waals surface area contributed by atoms with Crippen LogP contribution in [-0.4, -0.2) is 0 Å². The van der Waals surface area contributed by atoms with Crippen LogP contribution in [0.5, 0.6) is 0 Å². The van der Waals surface area contributed by atoms with Gasteiger partial charge < -0.3 is 5.48 Å². The van der Waals surface area contributed by atoms with E-state index in [2.05, 4.69) is 19.6 Å². The van der Waals surface area contributed by atoms with Gasteiger partial charge in [-0.15, -0.1) is 0 Å². The molecule has 0 radical (unpaired) electrons. The van der Waals surface area contributed by atoms with Gasteiger partial charge in [0, 0.05) is 0 Å². The Morgan fingerprint density at radius 3 is 1.20 bits per heavy atom. The van der Waals surface area contributed by atoms with Crippen LogP contribution >= 0.6 is 19.6 Å². The summed E-state index contributed by atoms with van der Waals surface area (Å²) in [7, 11) is 8.68. The Morgan fingerprint density at radius 2 is 1.20 bits per heavy atom. The molecule has 0 bridgehead atoms. The summed E-state index contributed by atoms with van der Waals surface area (Å²) in [5.41, 5.74) is 0. The molecule has 0 atom stereocenters. The van der Waals surface area contributed by atoms with Crippen molar-refractivity contribution in [3.63, 3.8) is 0 Å². The molecule has 0 aromatic carbocycles. The van der Waals surface area contributed by atoms with Gasteiger partial charge in [-0.25, -0.2) is 0 Å². The van der Waals surface area contributed by atoms with Gasteiger partial charge in [0.05, 0.1) is 0 Å². The van der Waals surface area contributed by atoms with Crippen molar-refractivity contribution in [1.29, 1.82) is 0 Å². The third-order valence-corrected chi connectivity index (χ3v) is 0. The van der Waals surface area contributed by atoms with Gasteiger partial charge in [0.1, 0.15) is 0 Å². The van der Waals surface area contributed by atoms with Crippen molar-refractivity contribution >= 4 is 19.6 Å². The number of rotatable bonds is 0. The van der Waals surface area contributed by atoms with Crippen LogP contribution in [0, 0.1) is 0 Å². The Hall–Kier alpha value is 1.61. The summed E-state index contributed by atoms with van der Waals surface area (Å²) in [6.45, 7) is 0. The van der Waals surface area contributed by atoms with Crippen LogP contribution < -0.4 is 0 Å². The molecule has 0 amide bonds. The normalized spacial score (nSPS) is 2.40. The van der Waals surface area contributed by atoms with Gasteiger partial charge in [-0.2, -0.15) is 0 Å². The van der Waals surface area contributed by atoms with Crippen molar-refractivity contribution in [3.05, 3.63) is 0 Å². The molecule has 32 valence electrons. The molecule has 1 nitrogen and oxygen atoms in total. The molecule has 0 aliphatic heterocycles. The Morgan fingerprint density at radius 1 is 1.20 bits per heavy atom. The van der Waals surface area contributed by atoms with E-state index in [0.29, 0.717) is 0 Å². The first-order chi connectivity index (χ1) is 1.41. The van der Waals surface area contributed by atoms with Crippen molar-refractivity contribution in [2.45, 2.75) is 0 Å². The fourth-order valence-electron chi connectivity index (χ4n) is 0. The molecule has 0 heterocycles. The summed E-state index contributed by atoms with van der Waals surface area (Å²) in [6.07, 6.45) is 0. The number of hydrogen-bond donors (Lipinski definition) is 0. The van der Waals surface area contributed by atoms with Gasteiger partial charge >= 0.3 is 51.6 Å². The molecular weight excluding hydrogens is 232 g/mol. The molecule has 0 aliphatic carbocycles. The minimum atomic E-state index is -0.363. The summed E-state index contributed by atoms with van der Waals surface area (Å²) in [5.74, 6) is 0. The standard InChI is InChI=1S/Fe.Mo.O.2S/q+2;;-2;;. The fraction of sp³-hybridized carbons (Fsp3) is 0. The molecule has 0 unspecified atom stereocenters. The van der Waals surface area contributed by atoms with Crippen LogP contribution in [0.15, 0.2) is 0 Å². The Balaban J connectivity index is -0.0000000200. The molecule has 0 fully saturated rings. The quantitative estimate of drug-likeness (QED) is 0.586. The van der Waals surface area contributed by atoms with E-state index in [1.807, 2.05) is 0 Å². The topological polar surface area (TPSA) is 28.5 Å². The Labute approximate surface area is 56.7 Å². The molecular formula is FeMoOS2.